The van der Waals surface area contributed by atoms with Crippen LogP contribution in [-0.2, 0) is 18.3 Å². The molecule has 1 atom stereocenters. The number of hydrogen-bond donors (Lipinski definition) is 1. The first-order valence-corrected chi connectivity index (χ1v) is 9.55. The SMILES string of the molecule is COc1ccc(C2(C#N)CCc3nc(C)[nH]c(=O)c3C2)c2c1oc1ccccc12. The highest BCUT2D eigenvalue weighted by atomic mass is 16.5. The van der Waals surface area contributed by atoms with Crippen LogP contribution in [0, 0.1) is 18.3 Å². The van der Waals surface area contributed by atoms with Gasteiger partial charge in [-0.15, -0.1) is 0 Å². The van der Waals surface area contributed by atoms with Gasteiger partial charge in [0, 0.05) is 22.8 Å². The molecule has 0 fully saturated rings. The predicted molar refractivity (Wildman–Crippen MR) is 109 cm³/mol. The Morgan fingerprint density at radius 2 is 2.10 bits per heavy atom. The molecule has 6 heteroatoms. The van der Waals surface area contributed by atoms with Gasteiger partial charge in [0.1, 0.15) is 11.4 Å². The summed E-state index contributed by atoms with van der Waals surface area (Å²) in [6.45, 7) is 1.78. The molecule has 1 unspecified atom stereocenters. The third-order valence-corrected chi connectivity index (χ3v) is 5.93. The molecular weight excluding hydrogens is 366 g/mol. The van der Waals surface area contributed by atoms with Gasteiger partial charge in [-0.3, -0.25) is 4.79 Å². The number of furan rings is 1. The Hall–Kier alpha value is -3.59. The number of benzene rings is 2. The van der Waals surface area contributed by atoms with Crippen molar-refractivity contribution < 1.29 is 9.15 Å². The lowest BCUT2D eigenvalue weighted by Crippen LogP contribution is -2.36. The molecule has 0 saturated heterocycles. The Balaban J connectivity index is 1.80. The Morgan fingerprint density at radius 1 is 1.28 bits per heavy atom. The Kier molecular flexibility index (Phi) is 3.75. The van der Waals surface area contributed by atoms with E-state index in [9.17, 15) is 10.1 Å². The molecular formula is C23H19N3O3. The number of methoxy groups -OCH3 is 1. The molecule has 1 aliphatic carbocycles. The lowest BCUT2D eigenvalue weighted by atomic mass is 9.68. The van der Waals surface area contributed by atoms with Crippen LogP contribution in [0.3, 0.4) is 0 Å². The lowest BCUT2D eigenvalue weighted by molar-refractivity contribution is 0.411. The number of aromatic amines is 1. The van der Waals surface area contributed by atoms with Gasteiger partial charge in [-0.2, -0.15) is 5.26 Å². The second kappa shape index (κ2) is 6.21. The van der Waals surface area contributed by atoms with Crippen LogP contribution in [-0.4, -0.2) is 17.1 Å². The Bertz CT molecular complexity index is 1380. The van der Waals surface area contributed by atoms with Crippen molar-refractivity contribution in [1.29, 1.82) is 5.26 Å². The number of aromatic nitrogens is 2. The number of ether oxygens (including phenoxy) is 1. The number of nitriles is 1. The number of fused-ring (bicyclic) bond motifs is 4. The van der Waals surface area contributed by atoms with Gasteiger partial charge < -0.3 is 14.1 Å². The molecule has 0 amide bonds. The first kappa shape index (κ1) is 17.5. The molecule has 6 nitrogen and oxygen atoms in total. The molecule has 0 bridgehead atoms. The molecule has 4 aromatic rings. The highest BCUT2D eigenvalue weighted by molar-refractivity contribution is 6.09. The summed E-state index contributed by atoms with van der Waals surface area (Å²) in [6.07, 6.45) is 1.49. The zero-order valence-electron chi connectivity index (χ0n) is 16.2. The van der Waals surface area contributed by atoms with Crippen molar-refractivity contribution in [2.45, 2.75) is 31.6 Å². The van der Waals surface area contributed by atoms with Crippen molar-refractivity contribution >= 4 is 21.9 Å². The van der Waals surface area contributed by atoms with Gasteiger partial charge in [0.25, 0.3) is 5.56 Å². The van der Waals surface area contributed by atoms with E-state index in [1.807, 2.05) is 36.4 Å². The molecule has 1 N–H and O–H groups in total. The summed E-state index contributed by atoms with van der Waals surface area (Å²) >= 11 is 0. The number of hydrogen-bond acceptors (Lipinski definition) is 5. The highest BCUT2D eigenvalue weighted by Crippen LogP contribution is 2.45. The van der Waals surface area contributed by atoms with Gasteiger partial charge in [0.05, 0.1) is 24.3 Å². The van der Waals surface area contributed by atoms with Gasteiger partial charge in [-0.05, 0) is 37.5 Å². The van der Waals surface area contributed by atoms with E-state index < -0.39 is 5.41 Å². The summed E-state index contributed by atoms with van der Waals surface area (Å²) in [5.74, 6) is 1.23. The molecule has 0 saturated carbocycles. The van der Waals surface area contributed by atoms with Crippen LogP contribution in [0.15, 0.2) is 45.6 Å². The van der Waals surface area contributed by atoms with E-state index >= 15 is 0 Å². The number of aryl methyl sites for hydroxylation is 2. The second-order valence-electron chi connectivity index (χ2n) is 7.57. The first-order chi connectivity index (χ1) is 14.1. The number of rotatable bonds is 2. The topological polar surface area (TPSA) is 91.9 Å². The normalized spacial score (nSPS) is 18.5. The van der Waals surface area contributed by atoms with Crippen LogP contribution >= 0.6 is 0 Å². The maximum atomic E-state index is 12.6. The first-order valence-electron chi connectivity index (χ1n) is 9.55. The molecule has 0 spiro atoms. The zero-order valence-corrected chi connectivity index (χ0v) is 16.2. The number of para-hydroxylation sites is 1. The van der Waals surface area contributed by atoms with E-state index in [1.54, 1.807) is 14.0 Å². The average Bonchev–Trinajstić information content (AvgIpc) is 3.12. The van der Waals surface area contributed by atoms with Crippen LogP contribution in [0.1, 0.15) is 29.1 Å². The molecule has 0 radical (unpaired) electrons. The summed E-state index contributed by atoms with van der Waals surface area (Å²) in [4.78, 5) is 19.9. The van der Waals surface area contributed by atoms with E-state index in [0.717, 1.165) is 27.6 Å². The van der Waals surface area contributed by atoms with E-state index in [-0.39, 0.29) is 5.56 Å². The molecule has 2 aromatic heterocycles. The molecule has 2 aromatic carbocycles. The van der Waals surface area contributed by atoms with Crippen molar-refractivity contribution in [2.24, 2.45) is 0 Å². The summed E-state index contributed by atoms with van der Waals surface area (Å²) in [5.41, 5.74) is 2.63. The number of H-pyrrole nitrogens is 1. The lowest BCUT2D eigenvalue weighted by Gasteiger charge is -2.32. The zero-order chi connectivity index (χ0) is 20.2. The molecule has 0 aliphatic heterocycles. The van der Waals surface area contributed by atoms with Crippen molar-refractivity contribution in [1.82, 2.24) is 9.97 Å². The van der Waals surface area contributed by atoms with Crippen molar-refractivity contribution in [3.63, 3.8) is 0 Å². The van der Waals surface area contributed by atoms with Crippen molar-refractivity contribution in [2.75, 3.05) is 7.11 Å². The molecule has 29 heavy (non-hydrogen) atoms. The average molecular weight is 385 g/mol. The number of nitrogens with one attached hydrogen (secondary N) is 1. The minimum atomic E-state index is -0.839. The minimum absolute atomic E-state index is 0.159. The van der Waals surface area contributed by atoms with Crippen LogP contribution in [0.2, 0.25) is 0 Å². The summed E-state index contributed by atoms with van der Waals surface area (Å²) in [7, 11) is 1.60. The Morgan fingerprint density at radius 3 is 2.90 bits per heavy atom. The fourth-order valence-electron chi connectivity index (χ4n) is 4.53. The van der Waals surface area contributed by atoms with Crippen LogP contribution in [0.5, 0.6) is 5.75 Å². The smallest absolute Gasteiger partial charge is 0.254 e. The van der Waals surface area contributed by atoms with Gasteiger partial charge in [0.15, 0.2) is 11.3 Å². The highest BCUT2D eigenvalue weighted by Gasteiger charge is 2.40. The maximum Gasteiger partial charge on any atom is 0.254 e. The third-order valence-electron chi connectivity index (χ3n) is 5.93. The molecule has 2 heterocycles. The monoisotopic (exact) mass is 385 g/mol. The molecule has 1 aliphatic rings. The third kappa shape index (κ3) is 2.47. The van der Waals surface area contributed by atoms with Crippen molar-refractivity contribution in [3.05, 3.63) is 69.4 Å². The van der Waals surface area contributed by atoms with E-state index in [2.05, 4.69) is 16.0 Å². The van der Waals surface area contributed by atoms with Gasteiger partial charge in [-0.1, -0.05) is 24.3 Å². The van der Waals surface area contributed by atoms with Crippen LogP contribution in [0.4, 0.5) is 0 Å². The van der Waals surface area contributed by atoms with Crippen molar-refractivity contribution in [3.8, 4) is 11.8 Å². The van der Waals surface area contributed by atoms with E-state index in [0.29, 0.717) is 42.0 Å². The van der Waals surface area contributed by atoms with Crippen LogP contribution < -0.4 is 10.3 Å². The predicted octanol–water partition coefficient (Wildman–Crippen LogP) is 3.94. The second-order valence-corrected chi connectivity index (χ2v) is 7.57. The fraction of sp³-hybridized carbons (Fsp3) is 0.261. The largest absolute Gasteiger partial charge is 0.493 e. The maximum absolute atomic E-state index is 12.6. The van der Waals surface area contributed by atoms with Gasteiger partial charge >= 0.3 is 0 Å². The fourth-order valence-corrected chi connectivity index (χ4v) is 4.53. The van der Waals surface area contributed by atoms with Gasteiger partial charge in [-0.25, -0.2) is 4.98 Å². The summed E-state index contributed by atoms with van der Waals surface area (Å²) in [6, 6.07) is 14.1. The summed E-state index contributed by atoms with van der Waals surface area (Å²) < 4.78 is 11.6. The van der Waals surface area contributed by atoms with Gasteiger partial charge in [0.2, 0.25) is 0 Å². The Labute approximate surface area is 166 Å². The number of nitrogens with zero attached hydrogens (tertiary/aromatic N) is 2. The quantitative estimate of drug-likeness (QED) is 0.564. The molecule has 144 valence electrons. The molecule has 5 rings (SSSR count). The van der Waals surface area contributed by atoms with E-state index in [1.165, 1.54) is 0 Å². The standard InChI is InChI=1S/C23H19N3O3/c1-13-25-17-9-10-23(12-24,11-15(17)22(27)26-13)16-7-8-19(28-2)21-20(16)14-5-3-4-6-18(14)29-21/h3-8H,9-11H2,1-2H3,(H,25,26,27). The summed E-state index contributed by atoms with van der Waals surface area (Å²) in [5, 5.41) is 12.1. The van der Waals surface area contributed by atoms with E-state index in [4.69, 9.17) is 9.15 Å². The minimum Gasteiger partial charge on any atom is -0.493 e. The van der Waals surface area contributed by atoms with Crippen LogP contribution in [0.25, 0.3) is 21.9 Å².